The van der Waals surface area contributed by atoms with Crippen LogP contribution in [0.5, 0.6) is 0 Å². The zero-order valence-corrected chi connectivity index (χ0v) is 7.25. The number of rotatable bonds is 2. The SMILES string of the molecule is C=C/C=C\c1cccc(N)c1C. The van der Waals surface area contributed by atoms with Crippen molar-refractivity contribution in [3.8, 4) is 0 Å². The van der Waals surface area contributed by atoms with Crippen molar-refractivity contribution in [3.63, 3.8) is 0 Å². The predicted molar refractivity (Wildman–Crippen MR) is 54.8 cm³/mol. The summed E-state index contributed by atoms with van der Waals surface area (Å²) < 4.78 is 0. The molecule has 12 heavy (non-hydrogen) atoms. The van der Waals surface area contributed by atoms with Crippen molar-refractivity contribution in [2.45, 2.75) is 6.92 Å². The summed E-state index contributed by atoms with van der Waals surface area (Å²) in [6, 6.07) is 5.89. The van der Waals surface area contributed by atoms with Gasteiger partial charge in [0.25, 0.3) is 0 Å². The number of nitrogens with two attached hydrogens (primary N) is 1. The van der Waals surface area contributed by atoms with Crippen LogP contribution in [-0.4, -0.2) is 0 Å². The first-order chi connectivity index (χ1) is 5.75. The molecule has 1 heteroatoms. The largest absolute Gasteiger partial charge is 0.398 e. The molecule has 0 saturated heterocycles. The van der Waals surface area contributed by atoms with Crippen molar-refractivity contribution in [2.75, 3.05) is 5.73 Å². The second kappa shape index (κ2) is 3.77. The molecular formula is C11H13N. The van der Waals surface area contributed by atoms with Crippen LogP contribution < -0.4 is 5.73 Å². The summed E-state index contributed by atoms with van der Waals surface area (Å²) in [4.78, 5) is 0. The first kappa shape index (κ1) is 8.60. The minimum atomic E-state index is 0.834. The molecule has 0 heterocycles. The van der Waals surface area contributed by atoms with E-state index in [2.05, 4.69) is 6.58 Å². The number of nitrogen functional groups attached to an aromatic ring is 1. The number of benzene rings is 1. The minimum Gasteiger partial charge on any atom is -0.398 e. The van der Waals surface area contributed by atoms with E-state index in [1.54, 1.807) is 6.08 Å². The fourth-order valence-electron chi connectivity index (χ4n) is 1.02. The topological polar surface area (TPSA) is 26.0 Å². The van der Waals surface area contributed by atoms with Crippen molar-refractivity contribution >= 4 is 11.8 Å². The average Bonchev–Trinajstić information content (AvgIpc) is 2.08. The Morgan fingerprint density at radius 2 is 2.17 bits per heavy atom. The van der Waals surface area contributed by atoms with Crippen LogP contribution in [0.25, 0.3) is 6.08 Å². The number of allylic oxidation sites excluding steroid dienone is 2. The van der Waals surface area contributed by atoms with Crippen molar-refractivity contribution in [3.05, 3.63) is 48.1 Å². The molecule has 0 radical (unpaired) electrons. The van der Waals surface area contributed by atoms with E-state index in [9.17, 15) is 0 Å². The first-order valence-electron chi connectivity index (χ1n) is 3.90. The van der Waals surface area contributed by atoms with E-state index in [1.165, 1.54) is 0 Å². The predicted octanol–water partition coefficient (Wildman–Crippen LogP) is 2.78. The summed E-state index contributed by atoms with van der Waals surface area (Å²) in [6.07, 6.45) is 5.66. The second-order valence-electron chi connectivity index (χ2n) is 2.66. The van der Waals surface area contributed by atoms with Crippen LogP contribution in [0.4, 0.5) is 5.69 Å². The van der Waals surface area contributed by atoms with Gasteiger partial charge in [-0.3, -0.25) is 0 Å². The molecular weight excluding hydrogens is 146 g/mol. The van der Waals surface area contributed by atoms with Gasteiger partial charge in [0.15, 0.2) is 0 Å². The second-order valence-corrected chi connectivity index (χ2v) is 2.66. The van der Waals surface area contributed by atoms with Gasteiger partial charge in [-0.05, 0) is 24.1 Å². The third-order valence-corrected chi connectivity index (χ3v) is 1.83. The summed E-state index contributed by atoms with van der Waals surface area (Å²) in [5, 5.41) is 0. The van der Waals surface area contributed by atoms with Crippen LogP contribution in [0, 0.1) is 6.92 Å². The van der Waals surface area contributed by atoms with Crippen molar-refractivity contribution in [2.24, 2.45) is 0 Å². The lowest BCUT2D eigenvalue weighted by Gasteiger charge is -2.02. The molecule has 1 nitrogen and oxygen atoms in total. The van der Waals surface area contributed by atoms with Gasteiger partial charge in [-0.1, -0.05) is 36.9 Å². The Bertz CT molecular complexity index is 311. The Labute approximate surface area is 73.2 Å². The van der Waals surface area contributed by atoms with Crippen LogP contribution in [0.3, 0.4) is 0 Å². The lowest BCUT2D eigenvalue weighted by atomic mass is 10.1. The van der Waals surface area contributed by atoms with E-state index in [1.807, 2.05) is 37.3 Å². The summed E-state index contributed by atoms with van der Waals surface area (Å²) in [7, 11) is 0. The molecule has 0 aliphatic heterocycles. The van der Waals surface area contributed by atoms with Crippen LogP contribution in [0.15, 0.2) is 36.9 Å². The minimum absolute atomic E-state index is 0.834. The van der Waals surface area contributed by atoms with Gasteiger partial charge in [-0.15, -0.1) is 0 Å². The summed E-state index contributed by atoms with van der Waals surface area (Å²) in [5.74, 6) is 0. The zero-order valence-electron chi connectivity index (χ0n) is 7.25. The Kier molecular flexibility index (Phi) is 2.70. The fourth-order valence-corrected chi connectivity index (χ4v) is 1.02. The highest BCUT2D eigenvalue weighted by Crippen LogP contribution is 2.16. The molecule has 0 spiro atoms. The van der Waals surface area contributed by atoms with Gasteiger partial charge >= 0.3 is 0 Å². The Balaban J connectivity index is 3.07. The quantitative estimate of drug-likeness (QED) is 0.521. The van der Waals surface area contributed by atoms with E-state index in [0.29, 0.717) is 0 Å². The maximum absolute atomic E-state index is 5.73. The molecule has 62 valence electrons. The summed E-state index contributed by atoms with van der Waals surface area (Å²) in [6.45, 7) is 5.62. The van der Waals surface area contributed by atoms with E-state index in [0.717, 1.165) is 16.8 Å². The zero-order chi connectivity index (χ0) is 8.97. The normalized spacial score (nSPS) is 10.4. The number of hydrogen-bond acceptors (Lipinski definition) is 1. The van der Waals surface area contributed by atoms with Crippen LogP contribution >= 0.6 is 0 Å². The number of anilines is 1. The van der Waals surface area contributed by atoms with E-state index in [-0.39, 0.29) is 0 Å². The molecule has 2 N–H and O–H groups in total. The molecule has 0 unspecified atom stereocenters. The molecule has 1 aromatic carbocycles. The molecule has 1 rings (SSSR count). The Morgan fingerprint density at radius 1 is 1.42 bits per heavy atom. The van der Waals surface area contributed by atoms with Gasteiger partial charge in [0.1, 0.15) is 0 Å². The van der Waals surface area contributed by atoms with Gasteiger partial charge < -0.3 is 5.73 Å². The lowest BCUT2D eigenvalue weighted by Crippen LogP contribution is -1.90. The van der Waals surface area contributed by atoms with Gasteiger partial charge in [-0.2, -0.15) is 0 Å². The molecule has 0 atom stereocenters. The highest BCUT2D eigenvalue weighted by Gasteiger charge is 1.95. The Morgan fingerprint density at radius 3 is 2.83 bits per heavy atom. The lowest BCUT2D eigenvalue weighted by molar-refractivity contribution is 1.44. The molecule has 0 amide bonds. The Hall–Kier alpha value is -1.50. The number of hydrogen-bond donors (Lipinski definition) is 1. The third kappa shape index (κ3) is 1.76. The third-order valence-electron chi connectivity index (χ3n) is 1.83. The molecule has 0 bridgehead atoms. The van der Waals surface area contributed by atoms with Gasteiger partial charge in [0.2, 0.25) is 0 Å². The molecule has 0 fully saturated rings. The van der Waals surface area contributed by atoms with Crippen molar-refractivity contribution in [1.82, 2.24) is 0 Å². The molecule has 0 aromatic heterocycles. The average molecular weight is 159 g/mol. The molecule has 0 aliphatic carbocycles. The smallest absolute Gasteiger partial charge is 0.0349 e. The first-order valence-corrected chi connectivity index (χ1v) is 3.90. The molecule has 0 saturated carbocycles. The monoisotopic (exact) mass is 159 g/mol. The van der Waals surface area contributed by atoms with Gasteiger partial charge in [-0.25, -0.2) is 0 Å². The molecule has 1 aromatic rings. The highest BCUT2D eigenvalue weighted by molar-refractivity contribution is 5.62. The van der Waals surface area contributed by atoms with E-state index < -0.39 is 0 Å². The standard InChI is InChI=1S/C11H13N/c1-3-4-6-10-7-5-8-11(12)9(10)2/h3-8H,1,12H2,2H3/b6-4-. The highest BCUT2D eigenvalue weighted by atomic mass is 14.5. The van der Waals surface area contributed by atoms with Gasteiger partial charge in [0, 0.05) is 5.69 Å². The van der Waals surface area contributed by atoms with Crippen LogP contribution in [0.1, 0.15) is 11.1 Å². The maximum atomic E-state index is 5.73. The fraction of sp³-hybridized carbons (Fsp3) is 0.0909. The maximum Gasteiger partial charge on any atom is 0.0349 e. The van der Waals surface area contributed by atoms with Crippen molar-refractivity contribution < 1.29 is 0 Å². The van der Waals surface area contributed by atoms with Gasteiger partial charge in [0.05, 0.1) is 0 Å². The molecule has 0 aliphatic rings. The van der Waals surface area contributed by atoms with Crippen molar-refractivity contribution in [1.29, 1.82) is 0 Å². The summed E-state index contributed by atoms with van der Waals surface area (Å²) >= 11 is 0. The van der Waals surface area contributed by atoms with E-state index >= 15 is 0 Å². The summed E-state index contributed by atoms with van der Waals surface area (Å²) in [5.41, 5.74) is 8.84. The van der Waals surface area contributed by atoms with Crippen LogP contribution in [-0.2, 0) is 0 Å². The van der Waals surface area contributed by atoms with Crippen LogP contribution in [0.2, 0.25) is 0 Å². The van der Waals surface area contributed by atoms with E-state index in [4.69, 9.17) is 5.73 Å².